The van der Waals surface area contributed by atoms with Crippen molar-refractivity contribution in [2.45, 2.75) is 11.3 Å². The van der Waals surface area contributed by atoms with Crippen LogP contribution in [-0.2, 0) is 9.53 Å². The number of thioether (sulfide) groups is 1. The lowest BCUT2D eigenvalue weighted by atomic mass is 10.0. The molecule has 0 aliphatic rings. The van der Waals surface area contributed by atoms with Crippen LogP contribution in [0.3, 0.4) is 0 Å². The van der Waals surface area contributed by atoms with Gasteiger partial charge in [-0.25, -0.2) is 9.78 Å². The van der Waals surface area contributed by atoms with Crippen molar-refractivity contribution in [1.82, 2.24) is 4.98 Å². The summed E-state index contributed by atoms with van der Waals surface area (Å²) in [7, 11) is 0. The van der Waals surface area contributed by atoms with Gasteiger partial charge in [0.25, 0.3) is 0 Å². The van der Waals surface area contributed by atoms with Gasteiger partial charge in [-0.2, -0.15) is 0 Å². The quantitative estimate of drug-likeness (QED) is 0.235. The molecule has 1 N–H and O–H groups in total. The fourth-order valence-electron chi connectivity index (χ4n) is 2.94. The third-order valence-corrected chi connectivity index (χ3v) is 7.69. The third-order valence-electron chi connectivity index (χ3n) is 4.29. The van der Waals surface area contributed by atoms with Crippen LogP contribution in [0.15, 0.2) is 58.3 Å². The maximum absolute atomic E-state index is 12.7. The summed E-state index contributed by atoms with van der Waals surface area (Å²) in [4.78, 5) is 29.8. The van der Waals surface area contributed by atoms with E-state index in [-0.39, 0.29) is 18.3 Å². The number of hydrogen-bond acceptors (Lipinski definition) is 7. The minimum atomic E-state index is -0.493. The normalized spacial score (nSPS) is 10.9. The molecule has 158 valence electrons. The van der Waals surface area contributed by atoms with Crippen LogP contribution in [0.25, 0.3) is 21.3 Å². The average Bonchev–Trinajstić information content (AvgIpc) is 3.36. The molecule has 0 spiro atoms. The molecule has 0 fully saturated rings. The summed E-state index contributed by atoms with van der Waals surface area (Å²) in [6, 6.07) is 15.1. The summed E-state index contributed by atoms with van der Waals surface area (Å²) in [6.45, 7) is 1.98. The Labute approximate surface area is 196 Å². The molecule has 0 radical (unpaired) electrons. The number of fused-ring (bicyclic) bond motifs is 1. The molecule has 1 amide bonds. The predicted octanol–water partition coefficient (Wildman–Crippen LogP) is 6.59. The second-order valence-corrected chi connectivity index (χ2v) is 9.88. The van der Waals surface area contributed by atoms with Gasteiger partial charge in [-0.1, -0.05) is 53.7 Å². The molecule has 0 aliphatic heterocycles. The van der Waals surface area contributed by atoms with Gasteiger partial charge in [0.1, 0.15) is 10.6 Å². The Morgan fingerprint density at radius 3 is 2.68 bits per heavy atom. The fraction of sp³-hybridized carbons (Fsp3) is 0.136. The van der Waals surface area contributed by atoms with E-state index >= 15 is 0 Å². The summed E-state index contributed by atoms with van der Waals surface area (Å²) in [5.41, 5.74) is 2.59. The summed E-state index contributed by atoms with van der Waals surface area (Å²) in [5, 5.41) is 5.64. The molecule has 4 rings (SSSR count). The number of ether oxygens (including phenoxy) is 1. The standard InChI is InChI=1S/C22H17ClN2O3S3/c1-2-28-21(27)19-14(13-7-3-4-8-15(13)23)11-29-20(19)25-18(26)12-30-22-24-16-9-5-6-10-17(16)31-22/h3-11H,2,12H2,1H3,(H,25,26). The van der Waals surface area contributed by atoms with Crippen LogP contribution in [0.2, 0.25) is 5.02 Å². The van der Waals surface area contributed by atoms with E-state index in [9.17, 15) is 9.59 Å². The van der Waals surface area contributed by atoms with Crippen molar-refractivity contribution in [2.24, 2.45) is 0 Å². The lowest BCUT2D eigenvalue weighted by Crippen LogP contribution is -2.16. The van der Waals surface area contributed by atoms with E-state index < -0.39 is 5.97 Å². The molecule has 0 atom stereocenters. The van der Waals surface area contributed by atoms with Crippen molar-refractivity contribution in [2.75, 3.05) is 17.7 Å². The highest BCUT2D eigenvalue weighted by Gasteiger charge is 2.24. The van der Waals surface area contributed by atoms with Gasteiger partial charge in [0, 0.05) is 21.5 Å². The van der Waals surface area contributed by atoms with E-state index in [4.69, 9.17) is 16.3 Å². The van der Waals surface area contributed by atoms with Crippen LogP contribution in [0, 0.1) is 0 Å². The van der Waals surface area contributed by atoms with E-state index in [1.807, 2.05) is 47.8 Å². The van der Waals surface area contributed by atoms with E-state index in [0.717, 1.165) is 14.6 Å². The highest BCUT2D eigenvalue weighted by atomic mass is 35.5. The zero-order chi connectivity index (χ0) is 21.8. The van der Waals surface area contributed by atoms with Crippen molar-refractivity contribution < 1.29 is 14.3 Å². The number of hydrogen-bond donors (Lipinski definition) is 1. The number of anilines is 1. The number of aromatic nitrogens is 1. The Morgan fingerprint density at radius 2 is 1.90 bits per heavy atom. The van der Waals surface area contributed by atoms with Crippen molar-refractivity contribution in [3.63, 3.8) is 0 Å². The summed E-state index contributed by atoms with van der Waals surface area (Å²) in [5.74, 6) is -0.531. The van der Waals surface area contributed by atoms with Crippen LogP contribution >= 0.6 is 46.0 Å². The smallest absolute Gasteiger partial charge is 0.341 e. The Balaban J connectivity index is 1.53. The Hall–Kier alpha value is -2.39. The van der Waals surface area contributed by atoms with Gasteiger partial charge < -0.3 is 10.1 Å². The van der Waals surface area contributed by atoms with Gasteiger partial charge in [0.05, 0.1) is 22.6 Å². The molecule has 2 aromatic heterocycles. The molecular weight excluding hydrogens is 472 g/mol. The van der Waals surface area contributed by atoms with Crippen molar-refractivity contribution >= 4 is 73.1 Å². The van der Waals surface area contributed by atoms with E-state index in [1.54, 1.807) is 24.3 Å². The number of nitrogens with zero attached hydrogens (tertiary/aromatic N) is 1. The number of thiazole rings is 1. The number of para-hydroxylation sites is 1. The van der Waals surface area contributed by atoms with E-state index in [2.05, 4.69) is 10.3 Å². The zero-order valence-electron chi connectivity index (χ0n) is 16.4. The van der Waals surface area contributed by atoms with Crippen LogP contribution in [0.1, 0.15) is 17.3 Å². The summed E-state index contributed by atoms with van der Waals surface area (Å²) in [6.07, 6.45) is 0. The maximum Gasteiger partial charge on any atom is 0.341 e. The number of nitrogens with one attached hydrogen (secondary N) is 1. The summed E-state index contributed by atoms with van der Waals surface area (Å²) >= 11 is 10.5. The van der Waals surface area contributed by atoms with Gasteiger partial charge in [-0.3, -0.25) is 4.79 Å². The number of carbonyl (C=O) groups is 2. The van der Waals surface area contributed by atoms with Gasteiger partial charge in [-0.15, -0.1) is 22.7 Å². The Morgan fingerprint density at radius 1 is 1.13 bits per heavy atom. The highest BCUT2D eigenvalue weighted by Crippen LogP contribution is 2.39. The Bertz CT molecular complexity index is 1220. The van der Waals surface area contributed by atoms with Crippen LogP contribution in [-0.4, -0.2) is 29.2 Å². The monoisotopic (exact) mass is 488 g/mol. The van der Waals surface area contributed by atoms with Gasteiger partial charge in [0.2, 0.25) is 5.91 Å². The van der Waals surface area contributed by atoms with E-state index in [1.165, 1.54) is 23.1 Å². The number of thiophene rings is 1. The second kappa shape index (κ2) is 9.82. The number of carbonyl (C=O) groups excluding carboxylic acids is 2. The van der Waals surface area contributed by atoms with Crippen LogP contribution in [0.4, 0.5) is 5.00 Å². The molecule has 0 saturated carbocycles. The van der Waals surface area contributed by atoms with Crippen LogP contribution in [0.5, 0.6) is 0 Å². The number of halogens is 1. The first-order valence-electron chi connectivity index (χ1n) is 9.38. The molecule has 9 heteroatoms. The highest BCUT2D eigenvalue weighted by molar-refractivity contribution is 8.01. The topological polar surface area (TPSA) is 68.3 Å². The first-order valence-corrected chi connectivity index (χ1v) is 12.4. The van der Waals surface area contributed by atoms with Gasteiger partial charge in [0.15, 0.2) is 4.34 Å². The lowest BCUT2D eigenvalue weighted by molar-refractivity contribution is -0.113. The number of amides is 1. The number of esters is 1. The first-order chi connectivity index (χ1) is 15.1. The van der Waals surface area contributed by atoms with Gasteiger partial charge >= 0.3 is 5.97 Å². The molecule has 0 bridgehead atoms. The zero-order valence-corrected chi connectivity index (χ0v) is 19.6. The largest absolute Gasteiger partial charge is 0.462 e. The fourth-order valence-corrected chi connectivity index (χ4v) is 6.01. The van der Waals surface area contributed by atoms with Crippen LogP contribution < -0.4 is 5.32 Å². The molecule has 2 heterocycles. The van der Waals surface area contributed by atoms with Gasteiger partial charge in [-0.05, 0) is 25.1 Å². The number of rotatable bonds is 7. The molecule has 4 aromatic rings. The maximum atomic E-state index is 12.7. The summed E-state index contributed by atoms with van der Waals surface area (Å²) < 4.78 is 7.14. The van der Waals surface area contributed by atoms with E-state index in [0.29, 0.717) is 26.7 Å². The minimum absolute atomic E-state index is 0.182. The van der Waals surface area contributed by atoms with Crippen molar-refractivity contribution in [3.8, 4) is 11.1 Å². The Kier molecular flexibility index (Phi) is 6.92. The molecule has 0 aliphatic carbocycles. The molecule has 31 heavy (non-hydrogen) atoms. The molecule has 5 nitrogen and oxygen atoms in total. The third kappa shape index (κ3) is 4.93. The average molecular weight is 489 g/mol. The lowest BCUT2D eigenvalue weighted by Gasteiger charge is -2.09. The first kappa shape index (κ1) is 21.8. The van der Waals surface area contributed by atoms with Crippen molar-refractivity contribution in [1.29, 1.82) is 0 Å². The minimum Gasteiger partial charge on any atom is -0.462 e. The second-order valence-electron chi connectivity index (χ2n) is 6.34. The molecule has 0 unspecified atom stereocenters. The number of benzene rings is 2. The van der Waals surface area contributed by atoms with Crippen molar-refractivity contribution in [3.05, 3.63) is 64.5 Å². The SMILES string of the molecule is CCOC(=O)c1c(-c2ccccc2Cl)csc1NC(=O)CSc1nc2ccccc2s1. The molecular formula is C22H17ClN2O3S3. The predicted molar refractivity (Wildman–Crippen MR) is 130 cm³/mol. The molecule has 2 aromatic carbocycles. The molecule has 0 saturated heterocycles.